The number of pyridine rings is 1. The Kier molecular flexibility index (Phi) is 6.41. The highest BCUT2D eigenvalue weighted by Crippen LogP contribution is 2.27. The van der Waals surface area contributed by atoms with Gasteiger partial charge in [-0.1, -0.05) is 23.7 Å². The molecule has 0 radical (unpaired) electrons. The molecule has 1 fully saturated rings. The van der Waals surface area contributed by atoms with E-state index in [1.165, 1.54) is 12.1 Å². The van der Waals surface area contributed by atoms with Crippen molar-refractivity contribution in [3.8, 4) is 0 Å². The number of rotatable bonds is 6. The van der Waals surface area contributed by atoms with Gasteiger partial charge in [-0.3, -0.25) is 14.7 Å². The first kappa shape index (κ1) is 20.5. The smallest absolute Gasteiger partial charge is 0.251 e. The van der Waals surface area contributed by atoms with Gasteiger partial charge in [-0.15, -0.1) is 0 Å². The zero-order valence-electron chi connectivity index (χ0n) is 16.5. The van der Waals surface area contributed by atoms with Crippen LogP contribution in [0.25, 0.3) is 0 Å². The van der Waals surface area contributed by atoms with E-state index >= 15 is 0 Å². The van der Waals surface area contributed by atoms with Crippen molar-refractivity contribution in [2.75, 3.05) is 13.1 Å². The topological polar surface area (TPSA) is 45.2 Å². The quantitative estimate of drug-likeness (QED) is 0.619. The Balaban J connectivity index is 1.33. The van der Waals surface area contributed by atoms with Crippen LogP contribution in [-0.4, -0.2) is 28.9 Å². The molecule has 0 spiro atoms. The van der Waals surface area contributed by atoms with Crippen molar-refractivity contribution >= 4 is 17.5 Å². The number of nitrogens with zero attached hydrogens (tertiary/aromatic N) is 2. The molecule has 1 unspecified atom stereocenters. The van der Waals surface area contributed by atoms with E-state index in [1.807, 2.05) is 24.4 Å². The van der Waals surface area contributed by atoms with Crippen molar-refractivity contribution in [3.63, 3.8) is 0 Å². The summed E-state index contributed by atoms with van der Waals surface area (Å²) in [5.41, 5.74) is 3.78. The first-order valence-electron chi connectivity index (χ1n) is 10.0. The lowest BCUT2D eigenvalue weighted by Gasteiger charge is -2.16. The average Bonchev–Trinajstić information content (AvgIpc) is 3.23. The Morgan fingerprint density at radius 3 is 2.63 bits per heavy atom. The zero-order chi connectivity index (χ0) is 20.9. The summed E-state index contributed by atoms with van der Waals surface area (Å²) in [4.78, 5) is 19.2. The molecule has 154 valence electrons. The monoisotopic (exact) mass is 423 g/mol. The molecule has 1 aliphatic rings. The lowest BCUT2D eigenvalue weighted by Crippen LogP contribution is -2.23. The maximum Gasteiger partial charge on any atom is 0.251 e. The predicted molar refractivity (Wildman–Crippen MR) is 116 cm³/mol. The van der Waals surface area contributed by atoms with E-state index in [2.05, 4.69) is 21.3 Å². The van der Waals surface area contributed by atoms with Gasteiger partial charge in [0, 0.05) is 48.0 Å². The molecule has 2 heterocycles. The van der Waals surface area contributed by atoms with Crippen LogP contribution in [0.15, 0.2) is 66.9 Å². The number of carbonyl (C=O) groups excluding carboxylic acids is 1. The summed E-state index contributed by atoms with van der Waals surface area (Å²) in [5.74, 6) is 0.0240. The molecule has 0 bridgehead atoms. The van der Waals surface area contributed by atoms with Crippen LogP contribution in [0.4, 0.5) is 4.39 Å². The number of halogens is 2. The van der Waals surface area contributed by atoms with Crippen LogP contribution in [0.5, 0.6) is 0 Å². The highest BCUT2D eigenvalue weighted by Gasteiger charge is 2.25. The number of aromatic nitrogens is 1. The summed E-state index contributed by atoms with van der Waals surface area (Å²) in [7, 11) is 0. The maximum atomic E-state index is 13.1. The summed E-state index contributed by atoms with van der Waals surface area (Å²) in [6, 6.07) is 17.5. The summed E-state index contributed by atoms with van der Waals surface area (Å²) in [6.45, 7) is 3.17. The molecule has 1 N–H and O–H groups in total. The zero-order valence-corrected chi connectivity index (χ0v) is 17.3. The largest absolute Gasteiger partial charge is 0.348 e. The van der Waals surface area contributed by atoms with Crippen molar-refractivity contribution in [2.24, 2.45) is 0 Å². The van der Waals surface area contributed by atoms with Gasteiger partial charge in [0.1, 0.15) is 5.82 Å². The molecule has 2 aromatic carbocycles. The Bertz CT molecular complexity index is 1010. The molecule has 4 rings (SSSR count). The molecule has 1 saturated heterocycles. The molecular weight excluding hydrogens is 401 g/mol. The first-order chi connectivity index (χ1) is 14.6. The minimum atomic E-state index is -0.206. The molecule has 4 nitrogen and oxygen atoms in total. The fourth-order valence-electron chi connectivity index (χ4n) is 3.78. The van der Waals surface area contributed by atoms with Crippen molar-refractivity contribution < 1.29 is 9.18 Å². The van der Waals surface area contributed by atoms with Gasteiger partial charge in [0.2, 0.25) is 0 Å². The summed E-state index contributed by atoms with van der Waals surface area (Å²) in [5, 5.41) is 3.55. The molecular formula is C24H23ClFN3O. The van der Waals surface area contributed by atoms with E-state index in [9.17, 15) is 9.18 Å². The van der Waals surface area contributed by atoms with E-state index < -0.39 is 0 Å². The minimum Gasteiger partial charge on any atom is -0.348 e. The van der Waals surface area contributed by atoms with E-state index in [0.29, 0.717) is 23.0 Å². The van der Waals surface area contributed by atoms with Gasteiger partial charge in [-0.05, 0) is 72.6 Å². The van der Waals surface area contributed by atoms with Gasteiger partial charge in [0.15, 0.2) is 0 Å². The van der Waals surface area contributed by atoms with Crippen LogP contribution < -0.4 is 5.32 Å². The fraction of sp³-hybridized carbons (Fsp3) is 0.250. The molecule has 1 amide bonds. The van der Waals surface area contributed by atoms with Crippen LogP contribution in [0, 0.1) is 5.82 Å². The second-order valence-electron chi connectivity index (χ2n) is 7.63. The van der Waals surface area contributed by atoms with Crippen LogP contribution in [0.2, 0.25) is 5.02 Å². The third-order valence-electron chi connectivity index (χ3n) is 5.42. The van der Waals surface area contributed by atoms with Crippen molar-refractivity contribution in [2.45, 2.75) is 25.4 Å². The number of hydrogen-bond donors (Lipinski definition) is 1. The average molecular weight is 424 g/mol. The number of benzene rings is 2. The third-order valence-corrected chi connectivity index (χ3v) is 5.67. The number of carbonyl (C=O) groups is 1. The standard InChI is InChI=1S/C24H23ClFN3O/c25-21-5-3-19(4-6-21)24(30)28-14-18-9-11-27-23(13-18)20-10-12-29(16-20)15-17-1-7-22(26)8-2-17/h1-9,11,13,20H,10,12,14-16H2,(H,28,30). The molecule has 6 heteroatoms. The molecule has 3 aromatic rings. The van der Waals surface area contributed by atoms with Crippen LogP contribution >= 0.6 is 11.6 Å². The lowest BCUT2D eigenvalue weighted by atomic mass is 10.0. The normalized spacial score (nSPS) is 16.5. The van der Waals surface area contributed by atoms with Crippen LogP contribution in [0.1, 0.15) is 39.5 Å². The van der Waals surface area contributed by atoms with E-state index in [1.54, 1.807) is 24.3 Å². The SMILES string of the molecule is O=C(NCc1ccnc(C2CCN(Cc3ccc(F)cc3)C2)c1)c1ccc(Cl)cc1. The van der Waals surface area contributed by atoms with Crippen molar-refractivity contribution in [1.82, 2.24) is 15.2 Å². The van der Waals surface area contributed by atoms with Gasteiger partial charge in [0.25, 0.3) is 5.91 Å². The van der Waals surface area contributed by atoms with Gasteiger partial charge in [-0.25, -0.2) is 4.39 Å². The second kappa shape index (κ2) is 9.37. The van der Waals surface area contributed by atoms with Gasteiger partial charge >= 0.3 is 0 Å². The molecule has 0 saturated carbocycles. The Morgan fingerprint density at radius 2 is 1.87 bits per heavy atom. The fourth-order valence-corrected chi connectivity index (χ4v) is 3.90. The Labute approximate surface area is 180 Å². The highest BCUT2D eigenvalue weighted by molar-refractivity contribution is 6.30. The number of likely N-dealkylation sites (tertiary alicyclic amines) is 1. The van der Waals surface area contributed by atoms with Crippen molar-refractivity contribution in [1.29, 1.82) is 0 Å². The molecule has 1 atom stereocenters. The second-order valence-corrected chi connectivity index (χ2v) is 8.06. The maximum absolute atomic E-state index is 13.1. The number of hydrogen-bond acceptors (Lipinski definition) is 3. The van der Waals surface area contributed by atoms with Gasteiger partial charge < -0.3 is 5.32 Å². The van der Waals surface area contributed by atoms with Crippen molar-refractivity contribution in [3.05, 3.63) is 100 Å². The third kappa shape index (κ3) is 5.23. The molecule has 30 heavy (non-hydrogen) atoms. The Morgan fingerprint density at radius 1 is 1.10 bits per heavy atom. The summed E-state index contributed by atoms with van der Waals surface area (Å²) in [6.07, 6.45) is 2.84. The lowest BCUT2D eigenvalue weighted by molar-refractivity contribution is 0.0951. The van der Waals surface area contributed by atoms with Crippen LogP contribution in [0.3, 0.4) is 0 Å². The Hall–Kier alpha value is -2.76. The minimum absolute atomic E-state index is 0.128. The van der Waals surface area contributed by atoms with E-state index in [4.69, 9.17) is 11.6 Å². The molecule has 0 aliphatic carbocycles. The van der Waals surface area contributed by atoms with E-state index in [0.717, 1.165) is 42.9 Å². The summed E-state index contributed by atoms with van der Waals surface area (Å²) < 4.78 is 13.1. The van der Waals surface area contributed by atoms with Gasteiger partial charge in [-0.2, -0.15) is 0 Å². The summed E-state index contributed by atoms with van der Waals surface area (Å²) >= 11 is 5.87. The number of amides is 1. The highest BCUT2D eigenvalue weighted by atomic mass is 35.5. The predicted octanol–water partition coefficient (Wildman–Crippen LogP) is 4.79. The molecule has 1 aromatic heterocycles. The molecule has 1 aliphatic heterocycles. The van der Waals surface area contributed by atoms with Crippen LogP contribution in [-0.2, 0) is 13.1 Å². The first-order valence-corrected chi connectivity index (χ1v) is 10.4. The van der Waals surface area contributed by atoms with E-state index in [-0.39, 0.29) is 11.7 Å². The van der Waals surface area contributed by atoms with Gasteiger partial charge in [0.05, 0.1) is 0 Å². The number of nitrogens with one attached hydrogen (secondary N) is 1.